The number of fused-ring (bicyclic) bond motifs is 1. The van der Waals surface area contributed by atoms with Gasteiger partial charge in [0.25, 0.3) is 5.91 Å². The molecule has 0 saturated carbocycles. The molecule has 0 spiro atoms. The van der Waals surface area contributed by atoms with Crippen LogP contribution in [0.4, 0.5) is 10.1 Å². The van der Waals surface area contributed by atoms with Gasteiger partial charge in [-0.05, 0) is 36.4 Å². The largest absolute Gasteiger partial charge is 0.478 e. The highest BCUT2D eigenvalue weighted by atomic mass is 19.1. The minimum absolute atomic E-state index is 0.126. The number of nitrogens with one attached hydrogen (secondary N) is 1. The zero-order chi connectivity index (χ0) is 15.7. The van der Waals surface area contributed by atoms with E-state index in [2.05, 4.69) is 10.3 Å². The van der Waals surface area contributed by atoms with E-state index in [-0.39, 0.29) is 11.3 Å². The number of aromatic carboxylic acids is 1. The van der Waals surface area contributed by atoms with E-state index in [1.165, 1.54) is 53.2 Å². The van der Waals surface area contributed by atoms with Crippen LogP contribution >= 0.6 is 0 Å². The molecule has 0 aliphatic carbocycles. The number of imidazole rings is 1. The lowest BCUT2D eigenvalue weighted by molar-refractivity contribution is 0.0696. The van der Waals surface area contributed by atoms with E-state index in [0.717, 1.165) is 0 Å². The zero-order valence-electron chi connectivity index (χ0n) is 11.2. The summed E-state index contributed by atoms with van der Waals surface area (Å²) in [6.07, 6.45) is 2.64. The second-order valence-corrected chi connectivity index (χ2v) is 4.58. The van der Waals surface area contributed by atoms with Gasteiger partial charge in [0, 0.05) is 18.1 Å². The highest BCUT2D eigenvalue weighted by molar-refractivity contribution is 6.03. The monoisotopic (exact) mass is 299 g/mol. The fourth-order valence-corrected chi connectivity index (χ4v) is 1.97. The number of anilines is 1. The summed E-state index contributed by atoms with van der Waals surface area (Å²) in [7, 11) is 0. The van der Waals surface area contributed by atoms with Crippen molar-refractivity contribution in [3.8, 4) is 0 Å². The molecule has 1 amide bonds. The minimum Gasteiger partial charge on any atom is -0.478 e. The number of amides is 1. The number of benzene rings is 1. The van der Waals surface area contributed by atoms with Crippen LogP contribution < -0.4 is 5.32 Å². The van der Waals surface area contributed by atoms with Crippen molar-refractivity contribution in [2.75, 3.05) is 5.32 Å². The van der Waals surface area contributed by atoms with Crippen molar-refractivity contribution < 1.29 is 19.1 Å². The molecule has 2 heterocycles. The third-order valence-corrected chi connectivity index (χ3v) is 3.04. The maximum atomic E-state index is 13.1. The Labute approximate surface area is 123 Å². The Balaban J connectivity index is 1.81. The molecule has 2 aromatic heterocycles. The Kier molecular flexibility index (Phi) is 3.30. The summed E-state index contributed by atoms with van der Waals surface area (Å²) in [4.78, 5) is 26.9. The molecule has 1 aromatic carbocycles. The number of hydrogen-bond acceptors (Lipinski definition) is 3. The zero-order valence-corrected chi connectivity index (χ0v) is 11.2. The van der Waals surface area contributed by atoms with Crippen LogP contribution in [0.25, 0.3) is 5.65 Å². The van der Waals surface area contributed by atoms with Gasteiger partial charge in [0.15, 0.2) is 0 Å². The average molecular weight is 299 g/mol. The number of rotatable bonds is 3. The van der Waals surface area contributed by atoms with Crippen molar-refractivity contribution >= 4 is 23.2 Å². The molecule has 110 valence electrons. The Hall–Kier alpha value is -3.22. The molecule has 3 aromatic rings. The fourth-order valence-electron chi connectivity index (χ4n) is 1.97. The van der Waals surface area contributed by atoms with Gasteiger partial charge in [-0.25, -0.2) is 14.2 Å². The SMILES string of the molecule is O=C(O)c1ccc(NC(=O)c2cn3cc(F)ccc3n2)cc1. The maximum absolute atomic E-state index is 13.1. The summed E-state index contributed by atoms with van der Waals surface area (Å²) in [5, 5.41) is 11.4. The molecule has 0 aliphatic heterocycles. The van der Waals surface area contributed by atoms with E-state index < -0.39 is 17.7 Å². The van der Waals surface area contributed by atoms with Crippen molar-refractivity contribution in [2.24, 2.45) is 0 Å². The summed E-state index contributed by atoms with van der Waals surface area (Å²) < 4.78 is 14.5. The third-order valence-electron chi connectivity index (χ3n) is 3.04. The lowest BCUT2D eigenvalue weighted by Gasteiger charge is -2.03. The lowest BCUT2D eigenvalue weighted by atomic mass is 10.2. The molecule has 0 saturated heterocycles. The topological polar surface area (TPSA) is 83.7 Å². The van der Waals surface area contributed by atoms with E-state index in [4.69, 9.17) is 5.11 Å². The van der Waals surface area contributed by atoms with Crippen LogP contribution in [-0.2, 0) is 0 Å². The van der Waals surface area contributed by atoms with Gasteiger partial charge in [-0.1, -0.05) is 0 Å². The van der Waals surface area contributed by atoms with E-state index >= 15 is 0 Å². The second kappa shape index (κ2) is 5.28. The van der Waals surface area contributed by atoms with Crippen molar-refractivity contribution in [1.29, 1.82) is 0 Å². The molecule has 3 rings (SSSR count). The molecule has 0 unspecified atom stereocenters. The molecule has 22 heavy (non-hydrogen) atoms. The number of carboxylic acids is 1. The predicted molar refractivity (Wildman–Crippen MR) is 76.5 cm³/mol. The van der Waals surface area contributed by atoms with Crippen LogP contribution in [-0.4, -0.2) is 26.4 Å². The van der Waals surface area contributed by atoms with Gasteiger partial charge in [-0.3, -0.25) is 4.79 Å². The molecule has 0 bridgehead atoms. The lowest BCUT2D eigenvalue weighted by Crippen LogP contribution is -2.12. The standard InChI is InChI=1S/C15H10FN3O3/c16-10-3-6-13-18-12(8-19(13)7-10)14(20)17-11-4-1-9(2-5-11)15(21)22/h1-8H,(H,17,20)(H,21,22). The fraction of sp³-hybridized carbons (Fsp3) is 0. The van der Waals surface area contributed by atoms with Crippen LogP contribution in [0.1, 0.15) is 20.8 Å². The first-order chi connectivity index (χ1) is 10.5. The van der Waals surface area contributed by atoms with Gasteiger partial charge in [-0.2, -0.15) is 0 Å². The van der Waals surface area contributed by atoms with Crippen LogP contribution in [0.15, 0.2) is 48.8 Å². The Morgan fingerprint density at radius 2 is 1.82 bits per heavy atom. The highest BCUT2D eigenvalue weighted by Gasteiger charge is 2.12. The molecule has 0 fully saturated rings. The van der Waals surface area contributed by atoms with E-state index in [1.54, 1.807) is 0 Å². The molecular weight excluding hydrogens is 289 g/mol. The summed E-state index contributed by atoms with van der Waals surface area (Å²) in [6, 6.07) is 8.46. The summed E-state index contributed by atoms with van der Waals surface area (Å²) >= 11 is 0. The minimum atomic E-state index is -1.04. The van der Waals surface area contributed by atoms with Crippen molar-refractivity contribution in [3.05, 3.63) is 65.9 Å². The number of carbonyl (C=O) groups is 2. The Morgan fingerprint density at radius 1 is 1.09 bits per heavy atom. The summed E-state index contributed by atoms with van der Waals surface area (Å²) in [5.41, 5.74) is 1.15. The molecule has 0 atom stereocenters. The van der Waals surface area contributed by atoms with Gasteiger partial charge >= 0.3 is 5.97 Å². The van der Waals surface area contributed by atoms with Crippen molar-refractivity contribution in [3.63, 3.8) is 0 Å². The highest BCUT2D eigenvalue weighted by Crippen LogP contribution is 2.12. The van der Waals surface area contributed by atoms with Crippen LogP contribution in [0.2, 0.25) is 0 Å². The number of aromatic nitrogens is 2. The molecule has 7 heteroatoms. The van der Waals surface area contributed by atoms with Gasteiger partial charge in [0.05, 0.1) is 5.56 Å². The van der Waals surface area contributed by atoms with Gasteiger partial charge in [-0.15, -0.1) is 0 Å². The van der Waals surface area contributed by atoms with E-state index in [9.17, 15) is 14.0 Å². The Morgan fingerprint density at radius 3 is 2.50 bits per heavy atom. The Bertz CT molecular complexity index is 871. The molecule has 0 radical (unpaired) electrons. The normalized spacial score (nSPS) is 10.6. The average Bonchev–Trinajstić information content (AvgIpc) is 2.91. The number of halogens is 1. The van der Waals surface area contributed by atoms with Gasteiger partial charge in [0.1, 0.15) is 17.2 Å². The number of pyridine rings is 1. The number of carboxylic acid groups (broad SMARTS) is 1. The summed E-state index contributed by atoms with van der Waals surface area (Å²) in [5.74, 6) is -1.94. The van der Waals surface area contributed by atoms with E-state index in [0.29, 0.717) is 11.3 Å². The number of carbonyl (C=O) groups excluding carboxylic acids is 1. The maximum Gasteiger partial charge on any atom is 0.335 e. The van der Waals surface area contributed by atoms with E-state index in [1.807, 2.05) is 0 Å². The van der Waals surface area contributed by atoms with Crippen molar-refractivity contribution in [1.82, 2.24) is 9.38 Å². The first-order valence-electron chi connectivity index (χ1n) is 6.32. The first-order valence-corrected chi connectivity index (χ1v) is 6.32. The smallest absolute Gasteiger partial charge is 0.335 e. The van der Waals surface area contributed by atoms with Gasteiger partial charge < -0.3 is 14.8 Å². The number of nitrogens with zero attached hydrogens (tertiary/aromatic N) is 2. The molecule has 2 N–H and O–H groups in total. The first kappa shape index (κ1) is 13.7. The molecule has 0 aliphatic rings. The number of hydrogen-bond donors (Lipinski definition) is 2. The van der Waals surface area contributed by atoms with Crippen molar-refractivity contribution in [2.45, 2.75) is 0 Å². The molecule has 6 nitrogen and oxygen atoms in total. The predicted octanol–water partition coefficient (Wildman–Crippen LogP) is 2.42. The third kappa shape index (κ3) is 2.64. The quantitative estimate of drug-likeness (QED) is 0.778. The summed E-state index contributed by atoms with van der Waals surface area (Å²) in [6.45, 7) is 0. The van der Waals surface area contributed by atoms with Gasteiger partial charge in [0.2, 0.25) is 0 Å². The van der Waals surface area contributed by atoms with Crippen LogP contribution in [0.5, 0.6) is 0 Å². The van der Waals surface area contributed by atoms with Crippen LogP contribution in [0.3, 0.4) is 0 Å². The molecular formula is C15H10FN3O3. The second-order valence-electron chi connectivity index (χ2n) is 4.58. The van der Waals surface area contributed by atoms with Crippen LogP contribution in [0, 0.1) is 5.82 Å².